The van der Waals surface area contributed by atoms with E-state index in [4.69, 9.17) is 11.6 Å². The molecule has 29 heavy (non-hydrogen) atoms. The highest BCUT2D eigenvalue weighted by Crippen LogP contribution is 2.57. The van der Waals surface area contributed by atoms with Crippen molar-refractivity contribution in [2.24, 2.45) is 17.8 Å². The molecule has 0 radical (unpaired) electrons. The van der Waals surface area contributed by atoms with Gasteiger partial charge in [-0.05, 0) is 68.4 Å². The monoisotopic (exact) mass is 439 g/mol. The van der Waals surface area contributed by atoms with Crippen molar-refractivity contribution in [3.05, 3.63) is 33.3 Å². The number of halogens is 1. The zero-order valence-corrected chi connectivity index (χ0v) is 17.9. The Morgan fingerprint density at radius 2 is 1.55 bits per heavy atom. The lowest BCUT2D eigenvalue weighted by Crippen LogP contribution is -2.64. The normalized spacial score (nSPS) is 35.1. The maximum Gasteiger partial charge on any atom is 0.289 e. The van der Waals surface area contributed by atoms with Crippen LogP contribution in [0.4, 0.5) is 5.69 Å². The van der Waals surface area contributed by atoms with E-state index in [1.165, 1.54) is 55.0 Å². The molecule has 7 nitrogen and oxygen atoms in total. The first-order chi connectivity index (χ1) is 13.8. The fourth-order valence-electron chi connectivity index (χ4n) is 6.80. The second kappa shape index (κ2) is 6.90. The van der Waals surface area contributed by atoms with Crippen LogP contribution in [0, 0.1) is 27.9 Å². The Morgan fingerprint density at radius 1 is 1.00 bits per heavy atom. The molecule has 1 aromatic carbocycles. The molecule has 9 heteroatoms. The van der Waals surface area contributed by atoms with Gasteiger partial charge in [0.25, 0.3) is 5.69 Å². The molecule has 6 rings (SSSR count). The van der Waals surface area contributed by atoms with Crippen molar-refractivity contribution in [3.8, 4) is 0 Å². The van der Waals surface area contributed by atoms with Crippen molar-refractivity contribution in [1.82, 2.24) is 9.21 Å². The summed E-state index contributed by atoms with van der Waals surface area (Å²) in [6.45, 7) is 2.34. The Bertz CT molecular complexity index is 908. The predicted molar refractivity (Wildman–Crippen MR) is 109 cm³/mol. The molecule has 0 unspecified atom stereocenters. The summed E-state index contributed by atoms with van der Waals surface area (Å²) in [6.07, 6.45) is 7.99. The smallest absolute Gasteiger partial charge is 0.289 e. The van der Waals surface area contributed by atoms with Crippen molar-refractivity contribution in [2.45, 2.75) is 49.0 Å². The molecule has 4 saturated carbocycles. The van der Waals surface area contributed by atoms with Crippen LogP contribution >= 0.6 is 11.6 Å². The van der Waals surface area contributed by atoms with Crippen LogP contribution in [0.5, 0.6) is 0 Å². The van der Waals surface area contributed by atoms with E-state index in [1.807, 2.05) is 0 Å². The molecular weight excluding hydrogens is 414 g/mol. The van der Waals surface area contributed by atoms with Gasteiger partial charge in [0.15, 0.2) is 0 Å². The Hall–Kier alpha value is -1.22. The molecule has 0 amide bonds. The highest BCUT2D eigenvalue weighted by Gasteiger charge is 2.54. The fourth-order valence-corrected chi connectivity index (χ4v) is 8.43. The van der Waals surface area contributed by atoms with E-state index < -0.39 is 14.9 Å². The highest BCUT2D eigenvalue weighted by atomic mass is 35.5. The van der Waals surface area contributed by atoms with E-state index in [9.17, 15) is 18.5 Å². The molecule has 4 bridgehead atoms. The lowest BCUT2D eigenvalue weighted by molar-refractivity contribution is -0.384. The van der Waals surface area contributed by atoms with E-state index in [0.29, 0.717) is 13.1 Å². The van der Waals surface area contributed by atoms with E-state index in [1.54, 1.807) is 0 Å². The van der Waals surface area contributed by atoms with Crippen LogP contribution in [0.3, 0.4) is 0 Å². The summed E-state index contributed by atoms with van der Waals surface area (Å²) in [4.78, 5) is 13.0. The lowest BCUT2D eigenvalue weighted by Gasteiger charge is -2.61. The first-order valence-electron chi connectivity index (χ1n) is 10.5. The van der Waals surface area contributed by atoms with Gasteiger partial charge in [0.05, 0.1) is 9.82 Å². The molecule has 5 aliphatic rings. The maximum atomic E-state index is 13.1. The number of piperazine rings is 1. The molecule has 1 heterocycles. The Balaban J connectivity index is 1.32. The average molecular weight is 440 g/mol. The molecular formula is C20H26ClN3O4S. The summed E-state index contributed by atoms with van der Waals surface area (Å²) in [7, 11) is -3.77. The molecule has 5 fully saturated rings. The van der Waals surface area contributed by atoms with Gasteiger partial charge in [-0.1, -0.05) is 11.6 Å². The third-order valence-electron chi connectivity index (χ3n) is 7.67. The summed E-state index contributed by atoms with van der Waals surface area (Å²) >= 11 is 5.84. The predicted octanol–water partition coefficient (Wildman–Crippen LogP) is 3.52. The Morgan fingerprint density at radius 3 is 2.07 bits per heavy atom. The fraction of sp³-hybridized carbons (Fsp3) is 0.700. The highest BCUT2D eigenvalue weighted by molar-refractivity contribution is 7.89. The first-order valence-corrected chi connectivity index (χ1v) is 12.3. The Kier molecular flexibility index (Phi) is 4.70. The zero-order valence-electron chi connectivity index (χ0n) is 16.3. The standard InChI is InChI=1S/C20H26ClN3O4S/c21-18-2-1-17(10-19(18)24(25)26)29(27,28)23-5-3-22(4-6-23)20-11-14-7-15(12-20)9-16(8-14)13-20/h1-2,10,14-16H,3-9,11-13H2. The maximum absolute atomic E-state index is 13.1. The van der Waals surface area contributed by atoms with E-state index >= 15 is 0 Å². The summed E-state index contributed by atoms with van der Waals surface area (Å²) < 4.78 is 27.6. The minimum absolute atomic E-state index is 0.0550. The number of nitrogens with zero attached hydrogens (tertiary/aromatic N) is 3. The molecule has 1 aromatic rings. The van der Waals surface area contributed by atoms with E-state index in [0.717, 1.165) is 36.9 Å². The number of sulfonamides is 1. The summed E-state index contributed by atoms with van der Waals surface area (Å²) in [5, 5.41) is 11.1. The van der Waals surface area contributed by atoms with Crippen molar-refractivity contribution < 1.29 is 13.3 Å². The van der Waals surface area contributed by atoms with Gasteiger partial charge >= 0.3 is 0 Å². The minimum Gasteiger partial charge on any atom is -0.295 e. The van der Waals surface area contributed by atoms with Crippen LogP contribution < -0.4 is 0 Å². The Labute approximate surface area is 176 Å². The second-order valence-electron chi connectivity index (χ2n) is 9.40. The summed E-state index contributed by atoms with van der Waals surface area (Å²) in [6, 6.07) is 3.72. The van der Waals surface area contributed by atoms with E-state index in [2.05, 4.69) is 4.90 Å². The topological polar surface area (TPSA) is 83.8 Å². The van der Waals surface area contributed by atoms with Crippen LogP contribution in [-0.4, -0.2) is 54.3 Å². The van der Waals surface area contributed by atoms with Crippen molar-refractivity contribution in [3.63, 3.8) is 0 Å². The molecule has 4 aliphatic carbocycles. The SMILES string of the molecule is O=[N+]([O-])c1cc(S(=O)(=O)N2CCN(C34CC5CC(CC(C5)C3)C4)CC2)ccc1Cl. The van der Waals surface area contributed by atoms with Crippen LogP contribution in [-0.2, 0) is 10.0 Å². The van der Waals surface area contributed by atoms with Gasteiger partial charge in [-0.2, -0.15) is 4.31 Å². The average Bonchev–Trinajstić information content (AvgIpc) is 2.67. The van der Waals surface area contributed by atoms with Crippen molar-refractivity contribution in [2.75, 3.05) is 26.2 Å². The van der Waals surface area contributed by atoms with Gasteiger partial charge in [0.2, 0.25) is 10.0 Å². The second-order valence-corrected chi connectivity index (χ2v) is 11.7. The van der Waals surface area contributed by atoms with E-state index in [-0.39, 0.29) is 21.1 Å². The molecule has 1 aliphatic heterocycles. The molecule has 0 N–H and O–H groups in total. The number of hydrogen-bond donors (Lipinski definition) is 0. The minimum atomic E-state index is -3.77. The van der Waals surface area contributed by atoms with Crippen molar-refractivity contribution >= 4 is 27.3 Å². The number of nitro groups is 1. The lowest BCUT2D eigenvalue weighted by atomic mass is 9.52. The van der Waals surface area contributed by atoms with Crippen LogP contribution in [0.25, 0.3) is 0 Å². The first kappa shape index (κ1) is 19.7. The molecule has 0 atom stereocenters. The third kappa shape index (κ3) is 3.28. The molecule has 1 saturated heterocycles. The van der Waals surface area contributed by atoms with Gasteiger partial charge in [-0.3, -0.25) is 15.0 Å². The number of rotatable bonds is 4. The van der Waals surface area contributed by atoms with Gasteiger partial charge in [0.1, 0.15) is 5.02 Å². The van der Waals surface area contributed by atoms with Crippen LogP contribution in [0.1, 0.15) is 38.5 Å². The number of hydrogen-bond acceptors (Lipinski definition) is 5. The molecule has 158 valence electrons. The van der Waals surface area contributed by atoms with Crippen LogP contribution in [0.2, 0.25) is 5.02 Å². The van der Waals surface area contributed by atoms with Gasteiger partial charge in [0, 0.05) is 37.8 Å². The van der Waals surface area contributed by atoms with Gasteiger partial charge < -0.3 is 0 Å². The van der Waals surface area contributed by atoms with Gasteiger partial charge in [-0.15, -0.1) is 0 Å². The number of nitro benzene ring substituents is 1. The molecule has 0 aromatic heterocycles. The third-order valence-corrected chi connectivity index (χ3v) is 9.88. The van der Waals surface area contributed by atoms with Crippen molar-refractivity contribution in [1.29, 1.82) is 0 Å². The van der Waals surface area contributed by atoms with Gasteiger partial charge in [-0.25, -0.2) is 8.42 Å². The largest absolute Gasteiger partial charge is 0.295 e. The van der Waals surface area contributed by atoms with Crippen LogP contribution in [0.15, 0.2) is 23.1 Å². The summed E-state index contributed by atoms with van der Waals surface area (Å²) in [5.74, 6) is 2.58. The zero-order chi connectivity index (χ0) is 20.4. The quantitative estimate of drug-likeness (QED) is 0.529. The summed E-state index contributed by atoms with van der Waals surface area (Å²) in [5.41, 5.74) is -0.0936. The number of benzene rings is 1. The molecule has 0 spiro atoms.